The van der Waals surface area contributed by atoms with Crippen molar-refractivity contribution in [3.63, 3.8) is 0 Å². The number of aromatic nitrogens is 3. The van der Waals surface area contributed by atoms with E-state index in [9.17, 15) is 28.5 Å². The normalized spacial score (nSPS) is 13.7. The first-order valence-electron chi connectivity index (χ1n) is 11.7. The third kappa shape index (κ3) is 5.58. The van der Waals surface area contributed by atoms with Crippen molar-refractivity contribution >= 4 is 28.2 Å². The van der Waals surface area contributed by atoms with Gasteiger partial charge in [0.05, 0.1) is 28.5 Å². The lowest BCUT2D eigenvalue weighted by atomic mass is 9.99. The molecule has 0 saturated heterocycles. The Kier molecular flexibility index (Phi) is 7.89. The number of hydrogen-bond acceptors (Lipinski definition) is 7. The number of alkyl halides is 2. The largest absolute Gasteiger partial charge is 0.393 e. The maximum absolute atomic E-state index is 14.8. The minimum atomic E-state index is -3.06. The van der Waals surface area contributed by atoms with E-state index in [-0.39, 0.29) is 22.1 Å². The van der Waals surface area contributed by atoms with Crippen LogP contribution in [0.15, 0.2) is 48.8 Å². The fourth-order valence-electron chi connectivity index (χ4n) is 4.02. The fraction of sp³-hybridized carbons (Fsp3) is 0.296. The van der Waals surface area contributed by atoms with Crippen molar-refractivity contribution in [2.45, 2.75) is 44.9 Å². The molecule has 2 aromatic carbocycles. The number of rotatable bonds is 8. The number of hydrogen-bond donors (Lipinski definition) is 4. The van der Waals surface area contributed by atoms with Crippen LogP contribution in [0.1, 0.15) is 48.6 Å². The van der Waals surface area contributed by atoms with Gasteiger partial charge < -0.3 is 20.6 Å². The number of aliphatic hydroxyl groups is 3. The van der Waals surface area contributed by atoms with Crippen molar-refractivity contribution in [3.05, 3.63) is 82.3 Å². The number of nitrogens with zero attached hydrogens (tertiary/aromatic N) is 3. The smallest absolute Gasteiger partial charge is 0.262 e. The highest BCUT2D eigenvalue weighted by atomic mass is 35.5. The van der Waals surface area contributed by atoms with Gasteiger partial charge in [-0.3, -0.25) is 4.98 Å². The Morgan fingerprint density at radius 2 is 1.74 bits per heavy atom. The number of fused-ring (bicyclic) bond motifs is 1. The second kappa shape index (κ2) is 10.8. The molecule has 0 fully saturated rings. The van der Waals surface area contributed by atoms with Crippen LogP contribution in [0, 0.1) is 12.7 Å². The first-order chi connectivity index (χ1) is 17.9. The van der Waals surface area contributed by atoms with Gasteiger partial charge in [-0.25, -0.2) is 23.1 Å². The highest BCUT2D eigenvalue weighted by Crippen LogP contribution is 2.39. The van der Waals surface area contributed by atoms with Crippen LogP contribution in [-0.4, -0.2) is 43.3 Å². The summed E-state index contributed by atoms with van der Waals surface area (Å²) in [7, 11) is 0. The van der Waals surface area contributed by atoms with Crippen LogP contribution in [0.4, 0.5) is 18.9 Å². The summed E-state index contributed by atoms with van der Waals surface area (Å²) in [6.45, 7) is 4.10. The van der Waals surface area contributed by atoms with E-state index in [1.807, 2.05) is 0 Å². The lowest BCUT2D eigenvalue weighted by molar-refractivity contribution is 0.0687. The van der Waals surface area contributed by atoms with E-state index in [4.69, 9.17) is 11.6 Å². The lowest BCUT2D eigenvalue weighted by Crippen LogP contribution is -2.21. The van der Waals surface area contributed by atoms with Crippen molar-refractivity contribution in [1.29, 1.82) is 0 Å². The number of anilines is 1. The van der Waals surface area contributed by atoms with Crippen molar-refractivity contribution in [3.8, 4) is 11.1 Å². The van der Waals surface area contributed by atoms with E-state index in [0.29, 0.717) is 27.7 Å². The molecule has 0 aliphatic rings. The predicted molar refractivity (Wildman–Crippen MR) is 139 cm³/mol. The Balaban J connectivity index is 1.82. The van der Waals surface area contributed by atoms with Crippen LogP contribution in [0.2, 0.25) is 5.02 Å². The molecule has 4 aromatic rings. The molecule has 7 nitrogen and oxygen atoms in total. The molecule has 2 unspecified atom stereocenters. The third-order valence-corrected chi connectivity index (χ3v) is 6.55. The van der Waals surface area contributed by atoms with Gasteiger partial charge in [-0.2, -0.15) is 0 Å². The van der Waals surface area contributed by atoms with Crippen LogP contribution in [0.5, 0.6) is 0 Å². The van der Waals surface area contributed by atoms with E-state index in [1.165, 1.54) is 18.5 Å². The van der Waals surface area contributed by atoms with E-state index in [2.05, 4.69) is 20.3 Å². The highest BCUT2D eigenvalue weighted by Gasteiger charge is 2.28. The summed E-state index contributed by atoms with van der Waals surface area (Å²) in [6, 6.07) is 6.59. The number of nitrogens with one attached hydrogen (secondary N) is 1. The highest BCUT2D eigenvalue weighted by molar-refractivity contribution is 6.35. The Morgan fingerprint density at radius 1 is 1.05 bits per heavy atom. The summed E-state index contributed by atoms with van der Waals surface area (Å²) in [5, 5.41) is 32.5. The van der Waals surface area contributed by atoms with Crippen molar-refractivity contribution < 1.29 is 28.5 Å². The molecule has 0 aliphatic carbocycles. The molecule has 0 radical (unpaired) electrons. The number of pyridine rings is 1. The molecule has 200 valence electrons. The molecule has 0 amide bonds. The van der Waals surface area contributed by atoms with E-state index in [1.54, 1.807) is 39.0 Å². The lowest BCUT2D eigenvalue weighted by Gasteiger charge is -2.24. The fourth-order valence-corrected chi connectivity index (χ4v) is 4.22. The average Bonchev–Trinajstić information content (AvgIpc) is 2.88. The standard InChI is InChI=1S/C27H26ClF3N4O3/c1-13-22(28)23(35-24(25(30)31)17-9-15(21(37)12-36)4-6-19(17)29)18-8-14(5-7-20(18)34-13)16-10-32-26(33-11-16)27(2,3)38/h4-11,21,24-25,36-38H,12H2,1-3H3,(H,34,35). The molecule has 38 heavy (non-hydrogen) atoms. The van der Waals surface area contributed by atoms with Crippen LogP contribution >= 0.6 is 11.6 Å². The van der Waals surface area contributed by atoms with Crippen LogP contribution in [0.3, 0.4) is 0 Å². The van der Waals surface area contributed by atoms with Gasteiger partial charge in [0.15, 0.2) is 5.82 Å². The Hall–Kier alpha value is -3.31. The average molecular weight is 547 g/mol. The van der Waals surface area contributed by atoms with E-state index >= 15 is 0 Å². The molecular formula is C27H26ClF3N4O3. The zero-order chi connectivity index (χ0) is 27.8. The SMILES string of the molecule is Cc1nc2ccc(-c3cnc(C(C)(C)O)nc3)cc2c(NC(c2cc(C(O)CO)ccc2F)C(F)F)c1Cl. The number of halogens is 4. The summed E-state index contributed by atoms with van der Waals surface area (Å²) in [6.07, 6.45) is -1.34. The van der Waals surface area contributed by atoms with Gasteiger partial charge in [0, 0.05) is 28.9 Å². The van der Waals surface area contributed by atoms with Crippen molar-refractivity contribution in [2.24, 2.45) is 0 Å². The molecule has 11 heteroatoms. The van der Waals surface area contributed by atoms with Gasteiger partial charge in [0.2, 0.25) is 0 Å². The predicted octanol–water partition coefficient (Wildman–Crippen LogP) is 5.46. The molecule has 0 bridgehead atoms. The minimum Gasteiger partial charge on any atom is -0.393 e. The number of benzene rings is 2. The quantitative estimate of drug-likeness (QED) is 0.232. The monoisotopic (exact) mass is 546 g/mol. The summed E-state index contributed by atoms with van der Waals surface area (Å²) < 4.78 is 43.4. The molecule has 2 atom stereocenters. The third-order valence-electron chi connectivity index (χ3n) is 6.09. The van der Waals surface area contributed by atoms with Crippen LogP contribution < -0.4 is 5.32 Å². The summed E-state index contributed by atoms with van der Waals surface area (Å²) in [4.78, 5) is 12.9. The van der Waals surface area contributed by atoms with Gasteiger partial charge in [-0.15, -0.1) is 0 Å². The molecule has 2 heterocycles. The molecule has 0 spiro atoms. The Morgan fingerprint density at radius 3 is 2.34 bits per heavy atom. The van der Waals surface area contributed by atoms with Crippen LogP contribution in [-0.2, 0) is 5.60 Å². The first-order valence-corrected chi connectivity index (χ1v) is 12.1. The molecule has 2 aromatic heterocycles. The second-order valence-corrected chi connectivity index (χ2v) is 9.79. The van der Waals surface area contributed by atoms with Gasteiger partial charge in [0.1, 0.15) is 23.6 Å². The molecule has 0 saturated carbocycles. The van der Waals surface area contributed by atoms with Crippen LogP contribution in [0.25, 0.3) is 22.0 Å². The number of aryl methyl sites for hydroxylation is 1. The van der Waals surface area contributed by atoms with E-state index in [0.717, 1.165) is 12.1 Å². The van der Waals surface area contributed by atoms with E-state index < -0.39 is 42.2 Å². The van der Waals surface area contributed by atoms with Gasteiger partial charge in [0.25, 0.3) is 6.43 Å². The Labute approximate surface area is 222 Å². The summed E-state index contributed by atoms with van der Waals surface area (Å²) >= 11 is 6.53. The molecule has 0 aliphatic heterocycles. The van der Waals surface area contributed by atoms with Crippen molar-refractivity contribution in [1.82, 2.24) is 15.0 Å². The van der Waals surface area contributed by atoms with Gasteiger partial charge >= 0.3 is 0 Å². The number of aliphatic hydroxyl groups excluding tert-OH is 2. The first kappa shape index (κ1) is 27.7. The summed E-state index contributed by atoms with van der Waals surface area (Å²) in [5.74, 6) is -0.673. The van der Waals surface area contributed by atoms with Crippen molar-refractivity contribution in [2.75, 3.05) is 11.9 Å². The molecule has 4 N–H and O–H groups in total. The summed E-state index contributed by atoms with van der Waals surface area (Å²) in [5.41, 5.74) is 0.684. The zero-order valence-corrected chi connectivity index (χ0v) is 21.5. The molecular weight excluding hydrogens is 521 g/mol. The maximum Gasteiger partial charge on any atom is 0.262 e. The van der Waals surface area contributed by atoms with Gasteiger partial charge in [-0.05, 0) is 56.2 Å². The zero-order valence-electron chi connectivity index (χ0n) is 20.8. The second-order valence-electron chi connectivity index (χ2n) is 9.41. The van der Waals surface area contributed by atoms with Gasteiger partial charge in [-0.1, -0.05) is 23.7 Å². The maximum atomic E-state index is 14.8. The topological polar surface area (TPSA) is 111 Å². The molecule has 4 rings (SSSR count). The minimum absolute atomic E-state index is 0.0842. The Bertz CT molecular complexity index is 1460.